The molecule has 2 rings (SSSR count). The van der Waals surface area contributed by atoms with Crippen LogP contribution in [0.4, 0.5) is 11.4 Å². The number of nitro benzene ring substituents is 1. The lowest BCUT2D eigenvalue weighted by molar-refractivity contribution is -0.384. The van der Waals surface area contributed by atoms with Crippen LogP contribution in [-0.4, -0.2) is 10.8 Å². The van der Waals surface area contributed by atoms with Crippen LogP contribution >= 0.6 is 0 Å². The topological polar surface area (TPSA) is 72.2 Å². The lowest BCUT2D eigenvalue weighted by Crippen LogP contribution is -2.12. The van der Waals surface area contributed by atoms with Gasteiger partial charge in [-0.3, -0.25) is 14.9 Å². The van der Waals surface area contributed by atoms with Gasteiger partial charge in [-0.1, -0.05) is 32.0 Å². The van der Waals surface area contributed by atoms with E-state index < -0.39 is 4.92 Å². The minimum absolute atomic E-state index is 0.0974. The zero-order valence-electron chi connectivity index (χ0n) is 12.6. The van der Waals surface area contributed by atoms with Gasteiger partial charge in [-0.2, -0.15) is 0 Å². The molecule has 0 aliphatic heterocycles. The first kappa shape index (κ1) is 15.7. The van der Waals surface area contributed by atoms with Crippen molar-refractivity contribution in [1.82, 2.24) is 0 Å². The minimum Gasteiger partial charge on any atom is -0.322 e. The molecule has 0 saturated heterocycles. The maximum Gasteiger partial charge on any atom is 0.270 e. The number of hydrogen-bond acceptors (Lipinski definition) is 3. The number of nitrogens with one attached hydrogen (secondary N) is 1. The molecule has 1 N–H and O–H groups in total. The van der Waals surface area contributed by atoms with E-state index in [1.165, 1.54) is 23.8 Å². The van der Waals surface area contributed by atoms with E-state index in [1.54, 1.807) is 6.07 Å². The molecule has 1 amide bonds. The average molecular weight is 298 g/mol. The van der Waals surface area contributed by atoms with Gasteiger partial charge in [0.15, 0.2) is 0 Å². The summed E-state index contributed by atoms with van der Waals surface area (Å²) in [6, 6.07) is 13.3. The highest BCUT2D eigenvalue weighted by Gasteiger charge is 2.12. The summed E-state index contributed by atoms with van der Waals surface area (Å²) < 4.78 is 0. The predicted octanol–water partition coefficient (Wildman–Crippen LogP) is 4.36. The van der Waals surface area contributed by atoms with Crippen LogP contribution in [0.15, 0.2) is 48.5 Å². The lowest BCUT2D eigenvalue weighted by Gasteiger charge is -2.10. The monoisotopic (exact) mass is 298 g/mol. The van der Waals surface area contributed by atoms with Crippen molar-refractivity contribution >= 4 is 17.3 Å². The van der Waals surface area contributed by atoms with E-state index in [4.69, 9.17) is 0 Å². The Morgan fingerprint density at radius 2 is 1.91 bits per heavy atom. The summed E-state index contributed by atoms with van der Waals surface area (Å²) in [5.74, 6) is 0.113. The predicted molar refractivity (Wildman–Crippen MR) is 86.2 cm³/mol. The summed E-state index contributed by atoms with van der Waals surface area (Å²) in [7, 11) is 0. The summed E-state index contributed by atoms with van der Waals surface area (Å²) in [6.45, 7) is 4.28. The van der Waals surface area contributed by atoms with E-state index >= 15 is 0 Å². The number of nitrogens with zero attached hydrogens (tertiary/aromatic N) is 1. The van der Waals surface area contributed by atoms with Crippen LogP contribution in [0.2, 0.25) is 0 Å². The lowest BCUT2D eigenvalue weighted by atomic mass is 9.98. The van der Waals surface area contributed by atoms with Crippen molar-refractivity contribution in [3.8, 4) is 0 Å². The van der Waals surface area contributed by atoms with Gasteiger partial charge in [0.2, 0.25) is 0 Å². The molecule has 0 aliphatic rings. The molecule has 1 unspecified atom stereocenters. The number of rotatable bonds is 5. The summed E-state index contributed by atoms with van der Waals surface area (Å²) in [5.41, 5.74) is 2.05. The van der Waals surface area contributed by atoms with Crippen LogP contribution in [0.1, 0.15) is 42.1 Å². The van der Waals surface area contributed by atoms with Gasteiger partial charge < -0.3 is 5.32 Å². The second-order valence-electron chi connectivity index (χ2n) is 5.19. The third-order valence-electron chi connectivity index (χ3n) is 3.67. The van der Waals surface area contributed by atoms with E-state index in [2.05, 4.69) is 19.2 Å². The maximum absolute atomic E-state index is 12.1. The first-order valence-corrected chi connectivity index (χ1v) is 7.17. The summed E-state index contributed by atoms with van der Waals surface area (Å²) in [4.78, 5) is 22.4. The van der Waals surface area contributed by atoms with Gasteiger partial charge in [-0.15, -0.1) is 0 Å². The maximum atomic E-state index is 12.1. The summed E-state index contributed by atoms with van der Waals surface area (Å²) >= 11 is 0. The number of non-ortho nitro benzene ring substituents is 1. The number of benzene rings is 2. The van der Waals surface area contributed by atoms with E-state index in [-0.39, 0.29) is 17.2 Å². The number of carbonyl (C=O) groups excluding carboxylic acids is 1. The Hall–Kier alpha value is -2.69. The molecule has 5 nitrogen and oxygen atoms in total. The Kier molecular flexibility index (Phi) is 4.88. The Labute approximate surface area is 129 Å². The van der Waals surface area contributed by atoms with Gasteiger partial charge in [0.05, 0.1) is 4.92 Å². The quantitative estimate of drug-likeness (QED) is 0.658. The van der Waals surface area contributed by atoms with Crippen LogP contribution in [-0.2, 0) is 0 Å². The molecule has 0 aliphatic carbocycles. The largest absolute Gasteiger partial charge is 0.322 e. The van der Waals surface area contributed by atoms with Gasteiger partial charge in [0, 0.05) is 23.4 Å². The number of carbonyl (C=O) groups is 1. The zero-order chi connectivity index (χ0) is 16.1. The molecular weight excluding hydrogens is 280 g/mol. The number of anilines is 1. The average Bonchev–Trinajstić information content (AvgIpc) is 2.54. The van der Waals surface area contributed by atoms with Crippen LogP contribution in [0.3, 0.4) is 0 Å². The number of amides is 1. The Morgan fingerprint density at radius 1 is 1.23 bits per heavy atom. The highest BCUT2D eigenvalue weighted by atomic mass is 16.6. The first-order chi connectivity index (χ1) is 10.5. The highest BCUT2D eigenvalue weighted by Crippen LogP contribution is 2.21. The number of hydrogen-bond donors (Lipinski definition) is 1. The fourth-order valence-electron chi connectivity index (χ4n) is 2.09. The Morgan fingerprint density at radius 3 is 2.50 bits per heavy atom. The fraction of sp³-hybridized carbons (Fsp3) is 0.235. The molecule has 114 valence electrons. The normalized spacial score (nSPS) is 11.7. The third-order valence-corrected chi connectivity index (χ3v) is 3.67. The second-order valence-corrected chi connectivity index (χ2v) is 5.19. The molecule has 0 aromatic heterocycles. The van der Waals surface area contributed by atoms with Crippen molar-refractivity contribution in [2.24, 2.45) is 0 Å². The van der Waals surface area contributed by atoms with E-state index in [0.29, 0.717) is 11.6 Å². The van der Waals surface area contributed by atoms with Gasteiger partial charge in [-0.25, -0.2) is 0 Å². The van der Waals surface area contributed by atoms with E-state index in [9.17, 15) is 14.9 Å². The molecule has 22 heavy (non-hydrogen) atoms. The first-order valence-electron chi connectivity index (χ1n) is 7.17. The van der Waals surface area contributed by atoms with E-state index in [0.717, 1.165) is 6.42 Å². The minimum atomic E-state index is -0.516. The van der Waals surface area contributed by atoms with Crippen molar-refractivity contribution in [2.45, 2.75) is 26.2 Å². The molecule has 0 spiro atoms. The molecule has 0 bridgehead atoms. The van der Waals surface area contributed by atoms with Crippen LogP contribution in [0, 0.1) is 10.1 Å². The van der Waals surface area contributed by atoms with Gasteiger partial charge >= 0.3 is 0 Å². The smallest absolute Gasteiger partial charge is 0.270 e. The molecule has 2 aromatic carbocycles. The molecule has 0 radical (unpaired) electrons. The molecule has 5 heteroatoms. The van der Waals surface area contributed by atoms with Crippen molar-refractivity contribution in [3.05, 3.63) is 69.8 Å². The second kappa shape index (κ2) is 6.85. The Balaban J connectivity index is 2.12. The SMILES string of the molecule is CCC(C)c1ccc(NC(=O)c2cccc([N+](=O)[O-])c2)cc1. The van der Waals surface area contributed by atoms with Crippen LogP contribution in [0.25, 0.3) is 0 Å². The Bertz CT molecular complexity index is 681. The molecule has 0 fully saturated rings. The van der Waals surface area contributed by atoms with Crippen molar-refractivity contribution in [3.63, 3.8) is 0 Å². The highest BCUT2D eigenvalue weighted by molar-refractivity contribution is 6.04. The van der Waals surface area contributed by atoms with Crippen molar-refractivity contribution in [1.29, 1.82) is 0 Å². The molecule has 0 heterocycles. The standard InChI is InChI=1S/C17H18N2O3/c1-3-12(2)13-7-9-15(10-8-13)18-17(20)14-5-4-6-16(11-14)19(21)22/h4-12H,3H2,1-2H3,(H,18,20). The van der Waals surface area contributed by atoms with Crippen molar-refractivity contribution in [2.75, 3.05) is 5.32 Å². The molecule has 0 saturated carbocycles. The molecule has 2 aromatic rings. The summed E-state index contributed by atoms with van der Waals surface area (Å²) in [5, 5.41) is 13.5. The van der Waals surface area contributed by atoms with Gasteiger partial charge in [0.25, 0.3) is 11.6 Å². The third kappa shape index (κ3) is 3.69. The van der Waals surface area contributed by atoms with Crippen LogP contribution in [0.5, 0.6) is 0 Å². The summed E-state index contributed by atoms with van der Waals surface area (Å²) in [6.07, 6.45) is 1.05. The molecule has 1 atom stereocenters. The van der Waals surface area contributed by atoms with E-state index in [1.807, 2.05) is 24.3 Å². The van der Waals surface area contributed by atoms with Crippen molar-refractivity contribution < 1.29 is 9.72 Å². The van der Waals surface area contributed by atoms with Crippen LogP contribution < -0.4 is 5.32 Å². The zero-order valence-corrected chi connectivity index (χ0v) is 12.6. The van der Waals surface area contributed by atoms with Gasteiger partial charge in [0.1, 0.15) is 0 Å². The fourth-order valence-corrected chi connectivity index (χ4v) is 2.09. The number of nitro groups is 1. The molecular formula is C17H18N2O3. The van der Waals surface area contributed by atoms with Gasteiger partial charge in [-0.05, 0) is 36.1 Å².